The molecule has 4 rings (SSSR count). The van der Waals surface area contributed by atoms with Crippen molar-refractivity contribution in [1.29, 1.82) is 0 Å². The van der Waals surface area contributed by atoms with Crippen LogP contribution in [0, 0.1) is 0 Å². The first kappa shape index (κ1) is 21.9. The first-order valence-electron chi connectivity index (χ1n) is 9.56. The van der Waals surface area contributed by atoms with Gasteiger partial charge in [-0.2, -0.15) is 13.2 Å². The maximum atomic E-state index is 14.0. The average molecular weight is 469 g/mol. The summed E-state index contributed by atoms with van der Waals surface area (Å²) in [6.45, 7) is 1.55. The third kappa shape index (κ3) is 4.64. The molecule has 0 aliphatic carbocycles. The van der Waals surface area contributed by atoms with Gasteiger partial charge in [0.15, 0.2) is 11.5 Å². The zero-order valence-electron chi connectivity index (χ0n) is 16.7. The highest BCUT2D eigenvalue weighted by atomic mass is 32.2. The SMILES string of the molecule is CCCS(=O)(=O)Nc1nc2ccccc2nc1OC(c1ccc2c(c1)OCO2)C(F)(F)F. The summed E-state index contributed by atoms with van der Waals surface area (Å²) in [7, 11) is -3.87. The van der Waals surface area contributed by atoms with Crippen LogP contribution in [0.3, 0.4) is 0 Å². The van der Waals surface area contributed by atoms with Gasteiger partial charge in [-0.3, -0.25) is 4.72 Å². The van der Waals surface area contributed by atoms with Gasteiger partial charge in [-0.05, 0) is 30.7 Å². The minimum atomic E-state index is -4.85. The van der Waals surface area contributed by atoms with Gasteiger partial charge in [0, 0.05) is 5.56 Å². The van der Waals surface area contributed by atoms with Crippen LogP contribution in [0.15, 0.2) is 42.5 Å². The number of hydrogen-bond acceptors (Lipinski definition) is 7. The summed E-state index contributed by atoms with van der Waals surface area (Å²) in [6, 6.07) is 10.1. The molecule has 0 amide bonds. The van der Waals surface area contributed by atoms with Crippen LogP contribution in [0.1, 0.15) is 25.0 Å². The van der Waals surface area contributed by atoms with Crippen molar-refractivity contribution >= 4 is 26.9 Å². The first-order valence-corrected chi connectivity index (χ1v) is 11.2. The maximum absolute atomic E-state index is 14.0. The van der Waals surface area contributed by atoms with E-state index in [0.717, 1.165) is 6.07 Å². The van der Waals surface area contributed by atoms with Gasteiger partial charge in [-0.15, -0.1) is 0 Å². The summed E-state index contributed by atoms with van der Waals surface area (Å²) in [4.78, 5) is 8.24. The number of nitrogens with zero attached hydrogens (tertiary/aromatic N) is 2. The highest BCUT2D eigenvalue weighted by Crippen LogP contribution is 2.42. The molecule has 170 valence electrons. The fraction of sp³-hybridized carbons (Fsp3) is 0.300. The number of para-hydroxylation sites is 2. The molecule has 1 N–H and O–H groups in total. The molecule has 2 aromatic carbocycles. The minimum absolute atomic E-state index is 0.101. The number of ether oxygens (including phenoxy) is 3. The van der Waals surface area contributed by atoms with Crippen molar-refractivity contribution in [2.45, 2.75) is 25.6 Å². The van der Waals surface area contributed by atoms with Crippen LogP contribution in [-0.4, -0.2) is 37.1 Å². The monoisotopic (exact) mass is 469 g/mol. The van der Waals surface area contributed by atoms with E-state index in [1.165, 1.54) is 18.2 Å². The third-order valence-electron chi connectivity index (χ3n) is 4.49. The maximum Gasteiger partial charge on any atom is 0.429 e. The van der Waals surface area contributed by atoms with E-state index in [0.29, 0.717) is 17.7 Å². The number of benzene rings is 2. The number of fused-ring (bicyclic) bond motifs is 2. The van der Waals surface area contributed by atoms with Crippen LogP contribution < -0.4 is 18.9 Å². The molecule has 32 heavy (non-hydrogen) atoms. The van der Waals surface area contributed by atoms with Crippen LogP contribution in [0.2, 0.25) is 0 Å². The molecular weight excluding hydrogens is 451 g/mol. The quantitative estimate of drug-likeness (QED) is 0.554. The Labute approximate surface area is 181 Å². The van der Waals surface area contributed by atoms with Gasteiger partial charge in [-0.1, -0.05) is 25.1 Å². The van der Waals surface area contributed by atoms with E-state index >= 15 is 0 Å². The van der Waals surface area contributed by atoms with Crippen molar-refractivity contribution in [2.75, 3.05) is 17.3 Å². The Morgan fingerprint density at radius 2 is 1.78 bits per heavy atom. The van der Waals surface area contributed by atoms with E-state index in [2.05, 4.69) is 14.7 Å². The van der Waals surface area contributed by atoms with Gasteiger partial charge in [0.25, 0.3) is 5.88 Å². The van der Waals surface area contributed by atoms with Crippen molar-refractivity contribution in [3.05, 3.63) is 48.0 Å². The van der Waals surface area contributed by atoms with E-state index in [4.69, 9.17) is 14.2 Å². The summed E-state index contributed by atoms with van der Waals surface area (Å²) in [5.41, 5.74) is 0.271. The van der Waals surface area contributed by atoms with Gasteiger partial charge in [0.05, 0.1) is 16.8 Å². The van der Waals surface area contributed by atoms with E-state index < -0.39 is 34.0 Å². The molecule has 1 unspecified atom stereocenters. The second-order valence-corrected chi connectivity index (χ2v) is 8.78. The van der Waals surface area contributed by atoms with Crippen LogP contribution in [0.25, 0.3) is 11.0 Å². The van der Waals surface area contributed by atoms with E-state index in [1.807, 2.05) is 0 Å². The summed E-state index contributed by atoms with van der Waals surface area (Å²) in [6.07, 6.45) is -7.00. The molecule has 0 spiro atoms. The predicted octanol–water partition coefficient (Wildman–Crippen LogP) is 4.19. The molecule has 0 radical (unpaired) electrons. The Hall–Kier alpha value is -3.28. The minimum Gasteiger partial charge on any atom is -0.457 e. The molecule has 1 aliphatic rings. The molecule has 0 fully saturated rings. The average Bonchev–Trinajstić information content (AvgIpc) is 3.18. The number of sulfonamides is 1. The standard InChI is InChI=1S/C20H18F3N3O5S/c1-2-9-32(27,28)26-18-19(25-14-6-4-3-5-13(14)24-18)31-17(20(21,22)23)12-7-8-15-16(10-12)30-11-29-15/h3-8,10,17H,2,9,11H2,1H3,(H,24,26). The van der Waals surface area contributed by atoms with Crippen molar-refractivity contribution in [2.24, 2.45) is 0 Å². The van der Waals surface area contributed by atoms with Crippen molar-refractivity contribution in [3.8, 4) is 17.4 Å². The lowest BCUT2D eigenvalue weighted by molar-refractivity contribution is -0.198. The zero-order valence-corrected chi connectivity index (χ0v) is 17.5. The topological polar surface area (TPSA) is 99.6 Å². The van der Waals surface area contributed by atoms with Crippen molar-refractivity contribution < 1.29 is 35.8 Å². The largest absolute Gasteiger partial charge is 0.457 e. The van der Waals surface area contributed by atoms with Gasteiger partial charge in [0.2, 0.25) is 28.7 Å². The Morgan fingerprint density at radius 3 is 2.47 bits per heavy atom. The normalized spacial score (nSPS) is 14.4. The second kappa shape index (κ2) is 8.34. The van der Waals surface area contributed by atoms with Gasteiger partial charge >= 0.3 is 6.18 Å². The van der Waals surface area contributed by atoms with Crippen molar-refractivity contribution in [3.63, 3.8) is 0 Å². The summed E-state index contributed by atoms with van der Waals surface area (Å²) in [5, 5.41) is 0. The highest BCUT2D eigenvalue weighted by molar-refractivity contribution is 7.92. The van der Waals surface area contributed by atoms with E-state index in [1.54, 1.807) is 25.1 Å². The molecular formula is C20H18F3N3O5S. The zero-order chi connectivity index (χ0) is 22.9. The summed E-state index contributed by atoms with van der Waals surface area (Å²) >= 11 is 0. The molecule has 2 heterocycles. The Morgan fingerprint density at radius 1 is 1.09 bits per heavy atom. The Bertz CT molecular complexity index is 1250. The molecule has 12 heteroatoms. The van der Waals surface area contributed by atoms with Crippen LogP contribution in [0.4, 0.5) is 19.0 Å². The lowest BCUT2D eigenvalue weighted by atomic mass is 10.1. The van der Waals surface area contributed by atoms with E-state index in [-0.39, 0.29) is 29.4 Å². The Balaban J connectivity index is 1.78. The molecule has 0 saturated carbocycles. The number of aromatic nitrogens is 2. The summed E-state index contributed by atoms with van der Waals surface area (Å²) < 4.78 is 84.2. The van der Waals surface area contributed by atoms with Crippen LogP contribution in [-0.2, 0) is 10.0 Å². The molecule has 0 bridgehead atoms. The molecule has 1 aliphatic heterocycles. The number of halogens is 3. The van der Waals surface area contributed by atoms with Gasteiger partial charge < -0.3 is 14.2 Å². The second-order valence-electron chi connectivity index (χ2n) is 6.94. The predicted molar refractivity (Wildman–Crippen MR) is 109 cm³/mol. The molecule has 3 aromatic rings. The first-order chi connectivity index (χ1) is 15.2. The number of hydrogen-bond donors (Lipinski definition) is 1. The number of anilines is 1. The number of nitrogens with one attached hydrogen (secondary N) is 1. The lowest BCUT2D eigenvalue weighted by Crippen LogP contribution is -2.27. The number of rotatable bonds is 7. The fourth-order valence-electron chi connectivity index (χ4n) is 3.11. The smallest absolute Gasteiger partial charge is 0.429 e. The lowest BCUT2D eigenvalue weighted by Gasteiger charge is -2.23. The Kier molecular flexibility index (Phi) is 5.71. The molecule has 1 atom stereocenters. The van der Waals surface area contributed by atoms with E-state index in [9.17, 15) is 21.6 Å². The number of alkyl halides is 3. The van der Waals surface area contributed by atoms with Crippen LogP contribution >= 0.6 is 0 Å². The van der Waals surface area contributed by atoms with Gasteiger partial charge in [-0.25, -0.2) is 18.4 Å². The highest BCUT2D eigenvalue weighted by Gasteiger charge is 2.44. The van der Waals surface area contributed by atoms with Gasteiger partial charge in [0.1, 0.15) is 0 Å². The van der Waals surface area contributed by atoms with Crippen molar-refractivity contribution in [1.82, 2.24) is 9.97 Å². The summed E-state index contributed by atoms with van der Waals surface area (Å²) in [5.74, 6) is -0.802. The molecule has 0 saturated heterocycles. The fourth-order valence-corrected chi connectivity index (χ4v) is 4.18. The van der Waals surface area contributed by atoms with Crippen LogP contribution in [0.5, 0.6) is 17.4 Å². The molecule has 8 nitrogen and oxygen atoms in total. The molecule has 1 aromatic heterocycles. The third-order valence-corrected chi connectivity index (χ3v) is 5.94.